The van der Waals surface area contributed by atoms with Crippen molar-refractivity contribution in [1.29, 1.82) is 0 Å². The molecule has 0 amide bonds. The minimum atomic E-state index is -0.954. The Hall–Kier alpha value is -2.33. The van der Waals surface area contributed by atoms with E-state index in [4.69, 9.17) is 5.11 Å². The fourth-order valence-corrected chi connectivity index (χ4v) is 2.02. The summed E-state index contributed by atoms with van der Waals surface area (Å²) >= 11 is 0. The molecule has 3 N–H and O–H groups in total. The average Bonchev–Trinajstić information content (AvgIpc) is 2.48. The molecule has 20 heavy (non-hydrogen) atoms. The third kappa shape index (κ3) is 2.97. The Bertz CT molecular complexity index is 580. The van der Waals surface area contributed by atoms with Gasteiger partial charge in [0.25, 0.3) is 0 Å². The molecule has 0 aromatic heterocycles. The predicted octanol–water partition coefficient (Wildman–Crippen LogP) is 2.70. The van der Waals surface area contributed by atoms with E-state index in [1.165, 1.54) is 12.1 Å². The van der Waals surface area contributed by atoms with Crippen LogP contribution in [0.15, 0.2) is 54.6 Å². The summed E-state index contributed by atoms with van der Waals surface area (Å²) in [6, 6.07) is 16.1. The Balaban J connectivity index is 2.24. The Labute approximate surface area is 117 Å². The lowest BCUT2D eigenvalue weighted by Crippen LogP contribution is -2.35. The predicted molar refractivity (Wildman–Crippen MR) is 77.9 cm³/mol. The Morgan fingerprint density at radius 1 is 1.10 bits per heavy atom. The van der Waals surface area contributed by atoms with E-state index in [0.29, 0.717) is 0 Å². The Morgan fingerprint density at radius 3 is 2.20 bits per heavy atom. The van der Waals surface area contributed by atoms with Crippen LogP contribution in [0.25, 0.3) is 0 Å². The second-order valence-corrected chi connectivity index (χ2v) is 4.86. The number of aliphatic hydroxyl groups excluding tert-OH is 1. The van der Waals surface area contributed by atoms with Crippen LogP contribution in [0.5, 0.6) is 0 Å². The van der Waals surface area contributed by atoms with Crippen molar-refractivity contribution in [3.63, 3.8) is 0 Å². The van der Waals surface area contributed by atoms with Crippen molar-refractivity contribution in [3.8, 4) is 0 Å². The summed E-state index contributed by atoms with van der Waals surface area (Å²) in [6.07, 6.45) is 0. The number of nitrogens with one attached hydrogen (secondary N) is 1. The summed E-state index contributed by atoms with van der Waals surface area (Å²) in [5, 5.41) is 21.8. The van der Waals surface area contributed by atoms with Crippen molar-refractivity contribution in [1.82, 2.24) is 0 Å². The van der Waals surface area contributed by atoms with Gasteiger partial charge in [-0.1, -0.05) is 30.3 Å². The number of carboxylic acid groups (broad SMARTS) is 1. The molecule has 0 heterocycles. The van der Waals surface area contributed by atoms with Gasteiger partial charge in [0.2, 0.25) is 0 Å². The zero-order valence-electron chi connectivity index (χ0n) is 11.2. The van der Waals surface area contributed by atoms with Crippen LogP contribution in [-0.4, -0.2) is 22.8 Å². The largest absolute Gasteiger partial charge is 0.478 e. The molecule has 4 heteroatoms. The van der Waals surface area contributed by atoms with E-state index in [1.807, 2.05) is 37.3 Å². The third-order valence-electron chi connectivity index (χ3n) is 3.28. The number of rotatable bonds is 5. The van der Waals surface area contributed by atoms with E-state index in [0.717, 1.165) is 11.3 Å². The van der Waals surface area contributed by atoms with Crippen molar-refractivity contribution >= 4 is 11.7 Å². The molecule has 2 aromatic rings. The van der Waals surface area contributed by atoms with Gasteiger partial charge in [0.15, 0.2) is 0 Å². The van der Waals surface area contributed by atoms with Gasteiger partial charge in [0.05, 0.1) is 17.7 Å². The molecular formula is C16H17NO3. The zero-order chi connectivity index (χ0) is 14.6. The molecule has 0 fully saturated rings. The number of hydrogen-bond donors (Lipinski definition) is 3. The topological polar surface area (TPSA) is 69.6 Å². The first-order valence-corrected chi connectivity index (χ1v) is 6.33. The first-order valence-electron chi connectivity index (χ1n) is 6.33. The van der Waals surface area contributed by atoms with Gasteiger partial charge in [-0.15, -0.1) is 0 Å². The van der Waals surface area contributed by atoms with Crippen molar-refractivity contribution in [3.05, 3.63) is 65.7 Å². The van der Waals surface area contributed by atoms with Gasteiger partial charge in [-0.05, 0) is 36.8 Å². The number of carboxylic acids is 1. The minimum absolute atomic E-state index is 0.0717. The number of anilines is 1. The van der Waals surface area contributed by atoms with Gasteiger partial charge in [-0.2, -0.15) is 0 Å². The molecule has 0 radical (unpaired) electrons. The lowest BCUT2D eigenvalue weighted by atomic mass is 9.92. The fraction of sp³-hybridized carbons (Fsp3) is 0.188. The second kappa shape index (κ2) is 5.75. The van der Waals surface area contributed by atoms with Crippen LogP contribution in [0.1, 0.15) is 22.8 Å². The normalized spacial score (nSPS) is 13.5. The molecule has 2 rings (SSSR count). The van der Waals surface area contributed by atoms with Gasteiger partial charge < -0.3 is 15.5 Å². The monoisotopic (exact) mass is 271 g/mol. The van der Waals surface area contributed by atoms with Crippen LogP contribution in [-0.2, 0) is 5.54 Å². The van der Waals surface area contributed by atoms with E-state index in [1.54, 1.807) is 12.1 Å². The van der Waals surface area contributed by atoms with E-state index in [2.05, 4.69) is 5.32 Å². The van der Waals surface area contributed by atoms with Crippen molar-refractivity contribution in [2.45, 2.75) is 12.5 Å². The summed E-state index contributed by atoms with van der Waals surface area (Å²) in [5.74, 6) is -0.954. The van der Waals surface area contributed by atoms with E-state index in [9.17, 15) is 9.90 Å². The molecule has 0 aliphatic carbocycles. The van der Waals surface area contributed by atoms with Crippen LogP contribution in [0.2, 0.25) is 0 Å². The lowest BCUT2D eigenvalue weighted by molar-refractivity contribution is 0.0697. The maximum atomic E-state index is 10.8. The van der Waals surface area contributed by atoms with Crippen LogP contribution in [0.4, 0.5) is 5.69 Å². The van der Waals surface area contributed by atoms with E-state index in [-0.39, 0.29) is 12.2 Å². The summed E-state index contributed by atoms with van der Waals surface area (Å²) in [6.45, 7) is 1.82. The summed E-state index contributed by atoms with van der Waals surface area (Å²) in [5.41, 5.74) is 1.34. The molecule has 0 saturated heterocycles. The smallest absolute Gasteiger partial charge is 0.335 e. The molecule has 104 valence electrons. The van der Waals surface area contributed by atoms with Crippen molar-refractivity contribution in [2.75, 3.05) is 11.9 Å². The number of aromatic carboxylic acids is 1. The highest BCUT2D eigenvalue weighted by atomic mass is 16.4. The standard InChI is InChI=1S/C16H17NO3/c1-16(11-18,13-5-3-2-4-6-13)17-14-9-7-12(8-10-14)15(19)20/h2-10,17-18H,11H2,1H3,(H,19,20). The average molecular weight is 271 g/mol. The van der Waals surface area contributed by atoms with Gasteiger partial charge in [0.1, 0.15) is 0 Å². The maximum Gasteiger partial charge on any atom is 0.335 e. The number of carbonyl (C=O) groups is 1. The highest BCUT2D eigenvalue weighted by molar-refractivity contribution is 5.88. The van der Waals surface area contributed by atoms with Crippen molar-refractivity contribution < 1.29 is 15.0 Å². The molecule has 2 aromatic carbocycles. The SMILES string of the molecule is CC(CO)(Nc1ccc(C(=O)O)cc1)c1ccccc1. The highest BCUT2D eigenvalue weighted by Gasteiger charge is 2.25. The van der Waals surface area contributed by atoms with Gasteiger partial charge in [-0.3, -0.25) is 0 Å². The number of hydrogen-bond acceptors (Lipinski definition) is 3. The maximum absolute atomic E-state index is 10.8. The summed E-state index contributed by atoms with van der Waals surface area (Å²) < 4.78 is 0. The molecule has 0 aliphatic heterocycles. The highest BCUT2D eigenvalue weighted by Crippen LogP contribution is 2.25. The molecule has 0 bridgehead atoms. The van der Waals surface area contributed by atoms with Crippen LogP contribution < -0.4 is 5.32 Å². The molecule has 0 spiro atoms. The van der Waals surface area contributed by atoms with Gasteiger partial charge in [0, 0.05) is 5.69 Å². The van der Waals surface area contributed by atoms with Crippen LogP contribution >= 0.6 is 0 Å². The molecule has 1 atom stereocenters. The van der Waals surface area contributed by atoms with Gasteiger partial charge in [-0.25, -0.2) is 4.79 Å². The number of benzene rings is 2. The van der Waals surface area contributed by atoms with E-state index < -0.39 is 11.5 Å². The summed E-state index contributed by atoms with van der Waals surface area (Å²) in [7, 11) is 0. The molecule has 0 aliphatic rings. The first-order chi connectivity index (χ1) is 9.55. The minimum Gasteiger partial charge on any atom is -0.478 e. The van der Waals surface area contributed by atoms with Crippen molar-refractivity contribution in [2.24, 2.45) is 0 Å². The van der Waals surface area contributed by atoms with Gasteiger partial charge >= 0.3 is 5.97 Å². The fourth-order valence-electron chi connectivity index (χ4n) is 2.02. The Morgan fingerprint density at radius 2 is 1.70 bits per heavy atom. The van der Waals surface area contributed by atoms with Crippen LogP contribution in [0, 0.1) is 0 Å². The Kier molecular flexibility index (Phi) is 4.05. The van der Waals surface area contributed by atoms with Crippen LogP contribution in [0.3, 0.4) is 0 Å². The third-order valence-corrected chi connectivity index (χ3v) is 3.28. The number of aliphatic hydroxyl groups is 1. The first kappa shape index (κ1) is 14.1. The molecule has 0 saturated carbocycles. The second-order valence-electron chi connectivity index (χ2n) is 4.86. The quantitative estimate of drug-likeness (QED) is 0.782. The molecule has 4 nitrogen and oxygen atoms in total. The molecule has 1 unspecified atom stereocenters. The zero-order valence-corrected chi connectivity index (χ0v) is 11.2. The summed E-state index contributed by atoms with van der Waals surface area (Å²) in [4.78, 5) is 10.8. The molecular weight excluding hydrogens is 254 g/mol. The lowest BCUT2D eigenvalue weighted by Gasteiger charge is -2.30. The van der Waals surface area contributed by atoms with E-state index >= 15 is 0 Å².